The minimum atomic E-state index is -0.745. The third-order valence-corrected chi connectivity index (χ3v) is 7.41. The molecule has 0 aliphatic carbocycles. The molecule has 4 aromatic rings. The molecule has 208 valence electrons. The molecule has 4 rings (SSSR count). The summed E-state index contributed by atoms with van der Waals surface area (Å²) in [6.45, 7) is 7.65. The molecular formula is C36H42N2O2. The Kier molecular flexibility index (Phi) is 10.3. The summed E-state index contributed by atoms with van der Waals surface area (Å²) in [5.41, 5.74) is 5.85. The number of amides is 1. The Morgan fingerprint density at radius 1 is 0.725 bits per heavy atom. The van der Waals surface area contributed by atoms with Gasteiger partial charge in [-0.15, -0.1) is 0 Å². The van der Waals surface area contributed by atoms with Crippen LogP contribution in [0.1, 0.15) is 60.9 Å². The molecule has 0 spiro atoms. The zero-order chi connectivity index (χ0) is 28.4. The monoisotopic (exact) mass is 534 g/mol. The Labute approximate surface area is 239 Å². The smallest absolute Gasteiger partial charge is 0.221 e. The lowest BCUT2D eigenvalue weighted by Gasteiger charge is -2.26. The van der Waals surface area contributed by atoms with Gasteiger partial charge in [0.1, 0.15) is 0 Å². The summed E-state index contributed by atoms with van der Waals surface area (Å²) in [7, 11) is 0. The maximum Gasteiger partial charge on any atom is 0.221 e. The van der Waals surface area contributed by atoms with Gasteiger partial charge in [-0.05, 0) is 39.7 Å². The highest BCUT2D eigenvalue weighted by Gasteiger charge is 2.24. The molecule has 0 aliphatic heterocycles. The fourth-order valence-corrected chi connectivity index (χ4v) is 5.03. The largest absolute Gasteiger partial charge is 0.390 e. The van der Waals surface area contributed by atoms with E-state index in [4.69, 9.17) is 0 Å². The van der Waals surface area contributed by atoms with E-state index in [2.05, 4.69) is 79.9 Å². The van der Waals surface area contributed by atoms with Gasteiger partial charge in [0.2, 0.25) is 5.91 Å². The Morgan fingerprint density at radius 2 is 1.25 bits per heavy atom. The topological polar surface area (TPSA) is 61.4 Å². The van der Waals surface area contributed by atoms with Gasteiger partial charge in [-0.25, -0.2) is 0 Å². The van der Waals surface area contributed by atoms with Crippen molar-refractivity contribution in [1.82, 2.24) is 10.6 Å². The first-order valence-corrected chi connectivity index (χ1v) is 14.2. The number of benzene rings is 4. The molecule has 1 amide bonds. The van der Waals surface area contributed by atoms with Crippen molar-refractivity contribution in [2.24, 2.45) is 0 Å². The molecule has 0 aliphatic rings. The molecule has 4 heteroatoms. The van der Waals surface area contributed by atoms with Crippen LogP contribution in [-0.2, 0) is 23.2 Å². The lowest BCUT2D eigenvalue weighted by atomic mass is 9.87. The Balaban J connectivity index is 1.42. The lowest BCUT2D eigenvalue weighted by Crippen LogP contribution is -2.48. The van der Waals surface area contributed by atoms with Crippen LogP contribution in [0.25, 0.3) is 0 Å². The molecule has 4 nitrogen and oxygen atoms in total. The minimum Gasteiger partial charge on any atom is -0.390 e. The normalized spacial score (nSPS) is 13.1. The van der Waals surface area contributed by atoms with Crippen LogP contribution >= 0.6 is 0 Å². The van der Waals surface area contributed by atoms with E-state index in [-0.39, 0.29) is 17.2 Å². The van der Waals surface area contributed by atoms with Gasteiger partial charge in [-0.2, -0.15) is 0 Å². The van der Waals surface area contributed by atoms with Gasteiger partial charge in [-0.3, -0.25) is 4.79 Å². The maximum absolute atomic E-state index is 13.5. The summed E-state index contributed by atoms with van der Waals surface area (Å²) < 4.78 is 0. The van der Waals surface area contributed by atoms with Gasteiger partial charge in [0.25, 0.3) is 0 Å². The quantitative estimate of drug-likeness (QED) is 0.198. The average Bonchev–Trinajstić information content (AvgIpc) is 2.97. The summed E-state index contributed by atoms with van der Waals surface area (Å²) >= 11 is 0. The zero-order valence-corrected chi connectivity index (χ0v) is 23.9. The van der Waals surface area contributed by atoms with Crippen LogP contribution in [-0.4, -0.2) is 29.7 Å². The molecule has 40 heavy (non-hydrogen) atoms. The van der Waals surface area contributed by atoms with E-state index in [1.165, 1.54) is 5.56 Å². The zero-order valence-electron chi connectivity index (χ0n) is 23.9. The average molecular weight is 535 g/mol. The first kappa shape index (κ1) is 29.3. The fraction of sp³-hybridized carbons (Fsp3) is 0.306. The summed E-state index contributed by atoms with van der Waals surface area (Å²) in [6, 6.07) is 38.5. The van der Waals surface area contributed by atoms with Crippen LogP contribution in [0.4, 0.5) is 0 Å². The predicted octanol–water partition coefficient (Wildman–Crippen LogP) is 6.38. The van der Waals surface area contributed by atoms with Crippen molar-refractivity contribution in [3.05, 3.63) is 143 Å². The van der Waals surface area contributed by atoms with Gasteiger partial charge in [0, 0.05) is 25.4 Å². The van der Waals surface area contributed by atoms with Crippen molar-refractivity contribution >= 4 is 5.91 Å². The molecule has 0 fully saturated rings. The highest BCUT2D eigenvalue weighted by molar-refractivity contribution is 5.78. The molecule has 0 radical (unpaired) electrons. The van der Waals surface area contributed by atoms with Gasteiger partial charge in [-0.1, -0.05) is 136 Å². The fourth-order valence-electron chi connectivity index (χ4n) is 5.03. The standard InChI is InChI=1S/C36H42N2O2/c1-36(2,3)31-21-19-28(20-22-31)25-37-26-34(39)33(23-27-13-7-4-8-14-27)38-35(40)24-32(29-15-9-5-10-16-29)30-17-11-6-12-18-30/h4-22,32-34,37,39H,23-26H2,1-3H3,(H,38,40)/t33-,34+/m0/s1. The third kappa shape index (κ3) is 8.64. The van der Waals surface area contributed by atoms with Crippen molar-refractivity contribution in [2.45, 2.75) is 63.6 Å². The van der Waals surface area contributed by atoms with Crippen LogP contribution in [0.15, 0.2) is 115 Å². The minimum absolute atomic E-state index is 0.0638. The number of aliphatic hydroxyl groups excluding tert-OH is 1. The van der Waals surface area contributed by atoms with Crippen LogP contribution in [0.3, 0.4) is 0 Å². The number of nitrogens with one attached hydrogen (secondary N) is 2. The molecule has 2 atom stereocenters. The summed E-state index contributed by atoms with van der Waals surface area (Å²) in [4.78, 5) is 13.5. The molecular weight excluding hydrogens is 492 g/mol. The third-order valence-electron chi connectivity index (χ3n) is 7.41. The molecule has 4 aromatic carbocycles. The SMILES string of the molecule is CC(C)(C)c1ccc(CNC[C@@H](O)[C@H](Cc2ccccc2)NC(=O)CC(c2ccccc2)c2ccccc2)cc1. The second-order valence-electron chi connectivity index (χ2n) is 11.6. The van der Waals surface area contributed by atoms with E-state index in [9.17, 15) is 9.90 Å². The van der Waals surface area contributed by atoms with Crippen LogP contribution in [0.5, 0.6) is 0 Å². The molecule has 0 saturated heterocycles. The highest BCUT2D eigenvalue weighted by Crippen LogP contribution is 2.28. The highest BCUT2D eigenvalue weighted by atomic mass is 16.3. The molecule has 0 bridgehead atoms. The molecule has 3 N–H and O–H groups in total. The Hall–Kier alpha value is -3.73. The van der Waals surface area contributed by atoms with Crippen molar-refractivity contribution in [3.63, 3.8) is 0 Å². The van der Waals surface area contributed by atoms with Crippen molar-refractivity contribution in [1.29, 1.82) is 0 Å². The number of rotatable bonds is 12. The molecule has 0 heterocycles. The van der Waals surface area contributed by atoms with Crippen LogP contribution in [0.2, 0.25) is 0 Å². The van der Waals surface area contributed by atoms with E-state index < -0.39 is 12.1 Å². The van der Waals surface area contributed by atoms with E-state index in [1.54, 1.807) is 0 Å². The van der Waals surface area contributed by atoms with Crippen molar-refractivity contribution in [3.8, 4) is 0 Å². The summed E-state index contributed by atoms with van der Waals surface area (Å²) in [5.74, 6) is -0.137. The van der Waals surface area contributed by atoms with Gasteiger partial charge in [0.05, 0.1) is 12.1 Å². The van der Waals surface area contributed by atoms with Crippen molar-refractivity contribution < 1.29 is 9.90 Å². The van der Waals surface area contributed by atoms with Gasteiger partial charge in [0.15, 0.2) is 0 Å². The second-order valence-corrected chi connectivity index (χ2v) is 11.6. The van der Waals surface area contributed by atoms with Gasteiger partial charge < -0.3 is 15.7 Å². The van der Waals surface area contributed by atoms with Crippen molar-refractivity contribution in [2.75, 3.05) is 6.54 Å². The lowest BCUT2D eigenvalue weighted by molar-refractivity contribution is -0.122. The molecule has 0 unspecified atom stereocenters. The van der Waals surface area contributed by atoms with Crippen LogP contribution < -0.4 is 10.6 Å². The maximum atomic E-state index is 13.5. The Bertz CT molecular complexity index is 1260. The number of carbonyl (C=O) groups is 1. The van der Waals surface area contributed by atoms with E-state index >= 15 is 0 Å². The van der Waals surface area contributed by atoms with E-state index in [0.29, 0.717) is 25.9 Å². The number of hydrogen-bond donors (Lipinski definition) is 3. The second kappa shape index (κ2) is 14.1. The predicted molar refractivity (Wildman–Crippen MR) is 164 cm³/mol. The number of carbonyl (C=O) groups excluding carboxylic acids is 1. The van der Waals surface area contributed by atoms with Crippen LogP contribution in [0, 0.1) is 0 Å². The summed E-state index contributed by atoms with van der Waals surface area (Å²) in [6.07, 6.45) is 0.112. The van der Waals surface area contributed by atoms with Gasteiger partial charge >= 0.3 is 0 Å². The summed E-state index contributed by atoms with van der Waals surface area (Å²) in [5, 5.41) is 17.8. The Morgan fingerprint density at radius 3 is 1.77 bits per heavy atom. The van der Waals surface area contributed by atoms with E-state index in [0.717, 1.165) is 22.3 Å². The first-order chi connectivity index (χ1) is 19.3. The molecule has 0 saturated carbocycles. The first-order valence-electron chi connectivity index (χ1n) is 14.2. The van der Waals surface area contributed by atoms with E-state index in [1.807, 2.05) is 66.7 Å². The number of aliphatic hydroxyl groups is 1. The number of hydrogen-bond acceptors (Lipinski definition) is 3. The molecule has 0 aromatic heterocycles.